The largest absolute Gasteiger partial charge is 0.393 e. The van der Waals surface area contributed by atoms with Crippen LogP contribution in [0.2, 0.25) is 0 Å². The minimum atomic E-state index is -0.198. The molecule has 1 aromatic rings. The lowest BCUT2D eigenvalue weighted by Gasteiger charge is -2.16. The molecule has 1 aromatic heterocycles. The topological polar surface area (TPSA) is 86.2 Å². The minimum Gasteiger partial charge on any atom is -0.393 e. The van der Waals surface area contributed by atoms with Gasteiger partial charge in [-0.15, -0.1) is 0 Å². The summed E-state index contributed by atoms with van der Waals surface area (Å²) >= 11 is 4.78. The van der Waals surface area contributed by atoms with Crippen molar-refractivity contribution in [3.8, 4) is 0 Å². The maximum Gasteiger partial charge on any atom is 0.346 e. The van der Waals surface area contributed by atoms with Crippen LogP contribution in [-0.2, 0) is 24.3 Å². The summed E-state index contributed by atoms with van der Waals surface area (Å²) in [7, 11) is 1.67. The molecule has 8 heteroatoms. The predicted molar refractivity (Wildman–Crippen MR) is 78.5 cm³/mol. The fraction of sp³-hybridized carbons (Fsp3) is 0.667. The number of aryl methyl sites for hydroxylation is 1. The molecule has 0 aromatic carbocycles. The van der Waals surface area contributed by atoms with E-state index >= 15 is 0 Å². The molecule has 2 N–H and O–H groups in total. The molecule has 0 bridgehead atoms. The average molecular weight is 297 g/mol. The average Bonchev–Trinajstić information content (AvgIpc) is 2.73. The Morgan fingerprint density at radius 1 is 1.50 bits per heavy atom. The zero-order valence-electron chi connectivity index (χ0n) is 11.5. The summed E-state index contributed by atoms with van der Waals surface area (Å²) in [6, 6.07) is 0. The van der Waals surface area contributed by atoms with Gasteiger partial charge in [0, 0.05) is 33.0 Å². The second-order valence-electron chi connectivity index (χ2n) is 5.00. The van der Waals surface area contributed by atoms with Gasteiger partial charge in [0.2, 0.25) is 5.91 Å². The Bertz CT molecular complexity index is 577. The maximum absolute atomic E-state index is 12.1. The lowest BCUT2D eigenvalue weighted by Crippen LogP contribution is -2.36. The van der Waals surface area contributed by atoms with E-state index < -0.39 is 0 Å². The summed E-state index contributed by atoms with van der Waals surface area (Å²) in [5, 5.41) is 4.24. The van der Waals surface area contributed by atoms with Crippen LogP contribution in [0.5, 0.6) is 0 Å². The van der Waals surface area contributed by atoms with Crippen molar-refractivity contribution >= 4 is 23.1 Å². The van der Waals surface area contributed by atoms with Gasteiger partial charge in [-0.2, -0.15) is 5.10 Å². The summed E-state index contributed by atoms with van der Waals surface area (Å²) < 4.78 is 2.91. The van der Waals surface area contributed by atoms with Gasteiger partial charge in [-0.1, -0.05) is 12.2 Å². The molecule has 1 aliphatic rings. The van der Waals surface area contributed by atoms with Crippen LogP contribution in [0.25, 0.3) is 0 Å². The van der Waals surface area contributed by atoms with E-state index in [-0.39, 0.29) is 18.1 Å². The first-order valence-corrected chi connectivity index (χ1v) is 7.08. The lowest BCUT2D eigenvalue weighted by molar-refractivity contribution is -0.130. The number of fused-ring (bicyclic) bond motifs is 1. The van der Waals surface area contributed by atoms with Gasteiger partial charge in [0.05, 0.1) is 4.99 Å². The molecule has 2 rings (SSSR count). The number of hydrogen-bond acceptors (Lipinski definition) is 4. The summed E-state index contributed by atoms with van der Waals surface area (Å²) in [5.74, 6) is 0.610. The van der Waals surface area contributed by atoms with Crippen molar-refractivity contribution in [2.24, 2.45) is 5.73 Å². The molecule has 0 radical (unpaired) electrons. The molecule has 1 aliphatic heterocycles. The monoisotopic (exact) mass is 297 g/mol. The fourth-order valence-corrected chi connectivity index (χ4v) is 2.29. The standard InChI is InChI=1S/C12H19N5O2S/c1-15(7-5-9(13)20)11(18)8-17-12(19)16-6-3-2-4-10(16)14-17/h2-8H2,1H3,(H2,13,20). The highest BCUT2D eigenvalue weighted by Crippen LogP contribution is 2.09. The highest BCUT2D eigenvalue weighted by molar-refractivity contribution is 7.80. The normalized spacial score (nSPS) is 13.8. The number of carbonyl (C=O) groups excluding carboxylic acids is 1. The molecule has 1 amide bonds. The van der Waals surface area contributed by atoms with Gasteiger partial charge in [0.15, 0.2) is 0 Å². The zero-order chi connectivity index (χ0) is 14.7. The highest BCUT2D eigenvalue weighted by Gasteiger charge is 2.19. The van der Waals surface area contributed by atoms with Crippen molar-refractivity contribution in [2.45, 2.75) is 38.8 Å². The van der Waals surface area contributed by atoms with Gasteiger partial charge < -0.3 is 10.6 Å². The van der Waals surface area contributed by atoms with E-state index in [9.17, 15) is 9.59 Å². The lowest BCUT2D eigenvalue weighted by atomic mass is 10.2. The third kappa shape index (κ3) is 3.24. The Morgan fingerprint density at radius 3 is 2.90 bits per heavy atom. The summed E-state index contributed by atoms with van der Waals surface area (Å²) in [6.07, 6.45) is 3.30. The number of carbonyl (C=O) groups is 1. The molecule has 0 aliphatic carbocycles. The van der Waals surface area contributed by atoms with Crippen LogP contribution in [0, 0.1) is 0 Å². The number of aromatic nitrogens is 3. The second kappa shape index (κ2) is 6.17. The third-order valence-electron chi connectivity index (χ3n) is 3.44. The van der Waals surface area contributed by atoms with E-state index in [1.165, 1.54) is 9.58 Å². The minimum absolute atomic E-state index is 0.0351. The third-order valence-corrected chi connectivity index (χ3v) is 3.64. The molecule has 0 atom stereocenters. The number of hydrogen-bond donors (Lipinski definition) is 1. The predicted octanol–water partition coefficient (Wildman–Crippen LogP) is -0.484. The molecule has 7 nitrogen and oxygen atoms in total. The summed E-state index contributed by atoms with van der Waals surface area (Å²) in [6.45, 7) is 1.11. The number of nitrogens with zero attached hydrogens (tertiary/aromatic N) is 4. The van der Waals surface area contributed by atoms with Crippen molar-refractivity contribution in [2.75, 3.05) is 13.6 Å². The van der Waals surface area contributed by atoms with E-state index in [4.69, 9.17) is 18.0 Å². The van der Waals surface area contributed by atoms with Gasteiger partial charge in [0.25, 0.3) is 0 Å². The van der Waals surface area contributed by atoms with Gasteiger partial charge in [-0.25, -0.2) is 9.48 Å². The van der Waals surface area contributed by atoms with Crippen molar-refractivity contribution in [1.29, 1.82) is 0 Å². The quantitative estimate of drug-likeness (QED) is 0.742. The Balaban J connectivity index is 2.03. The van der Waals surface area contributed by atoms with Crippen molar-refractivity contribution < 1.29 is 4.79 Å². The Labute approximate surface area is 122 Å². The molecule has 0 saturated heterocycles. The van der Waals surface area contributed by atoms with Gasteiger partial charge >= 0.3 is 5.69 Å². The first kappa shape index (κ1) is 14.7. The van der Waals surface area contributed by atoms with E-state index in [0.29, 0.717) is 24.5 Å². The number of nitrogens with two attached hydrogens (primary N) is 1. The van der Waals surface area contributed by atoms with E-state index in [1.807, 2.05) is 0 Å². The molecule has 0 spiro atoms. The van der Waals surface area contributed by atoms with E-state index in [1.54, 1.807) is 11.6 Å². The summed E-state index contributed by atoms with van der Waals surface area (Å²) in [4.78, 5) is 26.0. The van der Waals surface area contributed by atoms with Crippen LogP contribution in [0.15, 0.2) is 4.79 Å². The number of rotatable bonds is 5. The Kier molecular flexibility index (Phi) is 4.53. The zero-order valence-corrected chi connectivity index (χ0v) is 12.4. The fourth-order valence-electron chi connectivity index (χ4n) is 2.20. The van der Waals surface area contributed by atoms with Crippen LogP contribution < -0.4 is 11.4 Å². The molecular formula is C12H19N5O2S. The van der Waals surface area contributed by atoms with Gasteiger partial charge in [0.1, 0.15) is 12.4 Å². The Morgan fingerprint density at radius 2 is 2.25 bits per heavy atom. The van der Waals surface area contributed by atoms with Crippen LogP contribution in [-0.4, -0.2) is 43.7 Å². The first-order valence-electron chi connectivity index (χ1n) is 6.68. The molecule has 0 fully saturated rings. The SMILES string of the molecule is CN(CCC(N)=S)C(=O)Cn1nc2n(c1=O)CCCC2. The molecular weight excluding hydrogens is 278 g/mol. The molecule has 110 valence electrons. The molecule has 0 saturated carbocycles. The van der Waals surface area contributed by atoms with Crippen LogP contribution in [0.4, 0.5) is 0 Å². The van der Waals surface area contributed by atoms with Crippen molar-refractivity contribution in [1.82, 2.24) is 19.2 Å². The van der Waals surface area contributed by atoms with Crippen molar-refractivity contribution in [3.63, 3.8) is 0 Å². The van der Waals surface area contributed by atoms with E-state index in [0.717, 1.165) is 25.1 Å². The summed E-state index contributed by atoms with van der Waals surface area (Å²) in [5.41, 5.74) is 5.21. The van der Waals surface area contributed by atoms with Gasteiger partial charge in [-0.05, 0) is 12.8 Å². The maximum atomic E-state index is 12.1. The van der Waals surface area contributed by atoms with Crippen molar-refractivity contribution in [3.05, 3.63) is 16.3 Å². The number of likely N-dealkylation sites (N-methyl/N-ethyl adjacent to an activating group) is 1. The second-order valence-corrected chi connectivity index (χ2v) is 5.52. The van der Waals surface area contributed by atoms with Crippen LogP contribution in [0.3, 0.4) is 0 Å². The molecule has 0 unspecified atom stereocenters. The van der Waals surface area contributed by atoms with Crippen LogP contribution >= 0.6 is 12.2 Å². The molecule has 2 heterocycles. The smallest absolute Gasteiger partial charge is 0.346 e. The van der Waals surface area contributed by atoms with Crippen LogP contribution in [0.1, 0.15) is 25.1 Å². The highest BCUT2D eigenvalue weighted by atomic mass is 32.1. The Hall–Kier alpha value is -1.70. The molecule has 20 heavy (non-hydrogen) atoms. The van der Waals surface area contributed by atoms with E-state index in [2.05, 4.69) is 5.10 Å². The number of amides is 1. The number of thiocarbonyl (C=S) groups is 1. The first-order chi connectivity index (χ1) is 9.49. The van der Waals surface area contributed by atoms with Gasteiger partial charge in [-0.3, -0.25) is 9.36 Å².